The van der Waals surface area contributed by atoms with E-state index in [0.29, 0.717) is 25.9 Å². The minimum atomic E-state index is -0.641. The standard InChI is InChI=1S/C22H31NO6/c1-16-12-13-20(21(25)27-3)23(19(16)11-7-8-14-28-17(2)24)22(26)29-15-18-9-5-4-6-10-18/h4-6,9-10,16,19-20H,7-8,11-15H2,1-3H3/t16-,19+,20+/m1/s1. The number of unbranched alkanes of at least 4 members (excludes halogenated alkanes) is 1. The van der Waals surface area contributed by atoms with Crippen molar-refractivity contribution >= 4 is 18.0 Å². The molecule has 0 aliphatic carbocycles. The Morgan fingerprint density at radius 2 is 1.79 bits per heavy atom. The summed E-state index contributed by atoms with van der Waals surface area (Å²) in [4.78, 5) is 37.8. The molecule has 3 atom stereocenters. The number of hydrogen-bond donors (Lipinski definition) is 0. The summed E-state index contributed by atoms with van der Waals surface area (Å²) in [6, 6.07) is 8.67. The third-order valence-electron chi connectivity index (χ3n) is 5.33. The van der Waals surface area contributed by atoms with E-state index in [2.05, 4.69) is 6.92 Å². The lowest BCUT2D eigenvalue weighted by Crippen LogP contribution is -2.56. The van der Waals surface area contributed by atoms with Gasteiger partial charge in [-0.05, 0) is 43.6 Å². The lowest BCUT2D eigenvalue weighted by molar-refractivity contribution is -0.150. The van der Waals surface area contributed by atoms with Crippen LogP contribution in [0.15, 0.2) is 30.3 Å². The zero-order valence-electron chi connectivity index (χ0n) is 17.5. The molecule has 0 N–H and O–H groups in total. The van der Waals surface area contributed by atoms with Gasteiger partial charge in [0.05, 0.1) is 13.7 Å². The number of rotatable bonds is 8. The highest BCUT2D eigenvalue weighted by molar-refractivity contribution is 5.82. The molecule has 0 radical (unpaired) electrons. The first-order valence-electron chi connectivity index (χ1n) is 10.1. The number of likely N-dealkylation sites (tertiary alicyclic amines) is 1. The monoisotopic (exact) mass is 405 g/mol. The van der Waals surface area contributed by atoms with Gasteiger partial charge in [-0.3, -0.25) is 9.69 Å². The number of benzene rings is 1. The van der Waals surface area contributed by atoms with Crippen LogP contribution in [0.5, 0.6) is 0 Å². The average molecular weight is 405 g/mol. The van der Waals surface area contributed by atoms with E-state index in [0.717, 1.165) is 18.4 Å². The molecule has 2 rings (SSSR count). The van der Waals surface area contributed by atoms with E-state index in [1.165, 1.54) is 14.0 Å². The van der Waals surface area contributed by atoms with E-state index >= 15 is 0 Å². The van der Waals surface area contributed by atoms with Gasteiger partial charge in [-0.15, -0.1) is 0 Å². The zero-order chi connectivity index (χ0) is 21.2. The van der Waals surface area contributed by atoms with Gasteiger partial charge in [0.25, 0.3) is 0 Å². The number of amides is 1. The number of esters is 2. The van der Waals surface area contributed by atoms with Crippen LogP contribution in [0.4, 0.5) is 4.79 Å². The molecule has 1 aromatic carbocycles. The molecule has 7 nitrogen and oxygen atoms in total. The minimum Gasteiger partial charge on any atom is -0.467 e. The number of carbonyl (C=O) groups is 3. The maximum absolute atomic E-state index is 13.0. The second-order valence-electron chi connectivity index (χ2n) is 7.44. The van der Waals surface area contributed by atoms with Crippen molar-refractivity contribution in [1.82, 2.24) is 4.90 Å². The summed E-state index contributed by atoms with van der Waals surface area (Å²) in [5.74, 6) is -0.486. The van der Waals surface area contributed by atoms with Gasteiger partial charge in [0, 0.05) is 13.0 Å². The second kappa shape index (κ2) is 11.4. The SMILES string of the molecule is COC(=O)[C@@H]1CC[C@@H](C)[C@H](CCCCOC(C)=O)N1C(=O)OCc1ccccc1. The molecule has 29 heavy (non-hydrogen) atoms. The first-order chi connectivity index (χ1) is 13.9. The van der Waals surface area contributed by atoms with Crippen molar-refractivity contribution in [1.29, 1.82) is 0 Å². The average Bonchev–Trinajstić information content (AvgIpc) is 2.72. The molecule has 160 valence electrons. The van der Waals surface area contributed by atoms with Gasteiger partial charge < -0.3 is 14.2 Å². The topological polar surface area (TPSA) is 82.1 Å². The second-order valence-corrected chi connectivity index (χ2v) is 7.44. The van der Waals surface area contributed by atoms with Gasteiger partial charge >= 0.3 is 18.0 Å². The Kier molecular flexibility index (Phi) is 8.96. The van der Waals surface area contributed by atoms with Gasteiger partial charge in [-0.2, -0.15) is 0 Å². The van der Waals surface area contributed by atoms with Crippen molar-refractivity contribution in [2.75, 3.05) is 13.7 Å². The van der Waals surface area contributed by atoms with Crippen LogP contribution in [-0.2, 0) is 30.4 Å². The van der Waals surface area contributed by atoms with Crippen molar-refractivity contribution in [3.05, 3.63) is 35.9 Å². The molecule has 0 spiro atoms. The number of hydrogen-bond acceptors (Lipinski definition) is 6. The van der Waals surface area contributed by atoms with Gasteiger partial charge in [0.2, 0.25) is 0 Å². The van der Waals surface area contributed by atoms with Gasteiger partial charge in [-0.1, -0.05) is 37.3 Å². The third kappa shape index (κ3) is 6.76. The fourth-order valence-corrected chi connectivity index (χ4v) is 3.78. The van der Waals surface area contributed by atoms with Crippen molar-refractivity contribution in [2.24, 2.45) is 5.92 Å². The summed E-state index contributed by atoms with van der Waals surface area (Å²) in [6.07, 6.45) is 3.07. The summed E-state index contributed by atoms with van der Waals surface area (Å²) < 4.78 is 15.5. The maximum atomic E-state index is 13.0. The van der Waals surface area contributed by atoms with Crippen LogP contribution in [0.1, 0.15) is 51.5 Å². The molecule has 1 amide bonds. The molecule has 0 aromatic heterocycles. The van der Waals surface area contributed by atoms with Gasteiger partial charge in [0.1, 0.15) is 12.6 Å². The molecule has 1 heterocycles. The summed E-state index contributed by atoms with van der Waals surface area (Å²) >= 11 is 0. The lowest BCUT2D eigenvalue weighted by Gasteiger charge is -2.43. The van der Waals surface area contributed by atoms with E-state index < -0.39 is 18.1 Å². The maximum Gasteiger partial charge on any atom is 0.411 e. The Balaban J connectivity index is 2.05. The summed E-state index contributed by atoms with van der Waals surface area (Å²) in [7, 11) is 1.34. The predicted octanol–water partition coefficient (Wildman–Crippen LogP) is 3.70. The van der Waals surface area contributed by atoms with E-state index in [1.54, 1.807) is 4.90 Å². The van der Waals surface area contributed by atoms with Crippen molar-refractivity contribution in [2.45, 2.75) is 64.6 Å². The Bertz CT molecular complexity index is 677. The molecular weight excluding hydrogens is 374 g/mol. The Morgan fingerprint density at radius 1 is 1.07 bits per heavy atom. The van der Waals surface area contributed by atoms with Crippen LogP contribution >= 0.6 is 0 Å². The highest BCUT2D eigenvalue weighted by atomic mass is 16.6. The highest BCUT2D eigenvalue weighted by Crippen LogP contribution is 2.32. The number of carbonyl (C=O) groups excluding carboxylic acids is 3. The molecule has 1 aliphatic heterocycles. The minimum absolute atomic E-state index is 0.131. The van der Waals surface area contributed by atoms with Gasteiger partial charge in [-0.25, -0.2) is 9.59 Å². The molecule has 0 saturated carbocycles. The summed E-state index contributed by atoms with van der Waals surface area (Å²) in [5.41, 5.74) is 0.887. The number of piperidine rings is 1. The Hall–Kier alpha value is -2.57. The molecular formula is C22H31NO6. The van der Waals surface area contributed by atoms with Crippen molar-refractivity contribution in [3.63, 3.8) is 0 Å². The highest BCUT2D eigenvalue weighted by Gasteiger charge is 2.42. The van der Waals surface area contributed by atoms with E-state index in [4.69, 9.17) is 14.2 Å². The van der Waals surface area contributed by atoms with Crippen LogP contribution in [0.25, 0.3) is 0 Å². The summed E-state index contributed by atoms with van der Waals surface area (Å²) in [6.45, 7) is 3.98. The normalized spacial score (nSPS) is 21.3. The van der Waals surface area contributed by atoms with Crippen LogP contribution in [-0.4, -0.2) is 48.7 Å². The third-order valence-corrected chi connectivity index (χ3v) is 5.33. The van der Waals surface area contributed by atoms with E-state index in [9.17, 15) is 14.4 Å². The first-order valence-corrected chi connectivity index (χ1v) is 10.1. The molecule has 0 unspecified atom stereocenters. The predicted molar refractivity (Wildman–Crippen MR) is 107 cm³/mol. The molecule has 1 saturated heterocycles. The molecule has 1 aromatic rings. The quantitative estimate of drug-likeness (QED) is 0.373. The Morgan fingerprint density at radius 3 is 2.45 bits per heavy atom. The molecule has 1 fully saturated rings. The smallest absolute Gasteiger partial charge is 0.411 e. The zero-order valence-corrected chi connectivity index (χ0v) is 17.5. The van der Waals surface area contributed by atoms with Crippen LogP contribution in [0.2, 0.25) is 0 Å². The van der Waals surface area contributed by atoms with Crippen LogP contribution in [0, 0.1) is 5.92 Å². The largest absolute Gasteiger partial charge is 0.467 e. The molecule has 1 aliphatic rings. The number of nitrogens with zero attached hydrogens (tertiary/aromatic N) is 1. The van der Waals surface area contributed by atoms with Crippen molar-refractivity contribution < 1.29 is 28.6 Å². The fraction of sp³-hybridized carbons (Fsp3) is 0.591. The molecule has 7 heteroatoms. The molecule has 0 bridgehead atoms. The first kappa shape index (κ1) is 22.7. The number of ether oxygens (including phenoxy) is 3. The van der Waals surface area contributed by atoms with E-state index in [-0.39, 0.29) is 24.5 Å². The van der Waals surface area contributed by atoms with Crippen LogP contribution < -0.4 is 0 Å². The van der Waals surface area contributed by atoms with E-state index in [1.807, 2.05) is 30.3 Å². The van der Waals surface area contributed by atoms with Crippen LogP contribution in [0.3, 0.4) is 0 Å². The van der Waals surface area contributed by atoms with Gasteiger partial charge in [0.15, 0.2) is 0 Å². The summed E-state index contributed by atoms with van der Waals surface area (Å²) in [5, 5.41) is 0. The fourth-order valence-electron chi connectivity index (χ4n) is 3.78. The number of methoxy groups -OCH3 is 1. The van der Waals surface area contributed by atoms with Crippen molar-refractivity contribution in [3.8, 4) is 0 Å². The lowest BCUT2D eigenvalue weighted by atomic mass is 9.84. The Labute approximate surface area is 172 Å².